The maximum absolute atomic E-state index is 11.7. The van der Waals surface area contributed by atoms with Gasteiger partial charge in [-0.15, -0.1) is 0 Å². The molecule has 0 bridgehead atoms. The quantitative estimate of drug-likeness (QED) is 0.466. The van der Waals surface area contributed by atoms with Crippen LogP contribution in [-0.4, -0.2) is 23.7 Å². The molecule has 1 aromatic carbocycles. The first-order valence-corrected chi connectivity index (χ1v) is 7.45. The van der Waals surface area contributed by atoms with Gasteiger partial charge in [-0.1, -0.05) is 6.07 Å². The van der Waals surface area contributed by atoms with Crippen LogP contribution in [0.4, 0.5) is 5.69 Å². The van der Waals surface area contributed by atoms with E-state index in [2.05, 4.69) is 43.4 Å². The number of amides is 1. The summed E-state index contributed by atoms with van der Waals surface area (Å²) in [4.78, 5) is 15.6. The fourth-order valence-electron chi connectivity index (χ4n) is 1.61. The lowest BCUT2D eigenvalue weighted by Gasteiger charge is -2.07. The molecule has 21 heavy (non-hydrogen) atoms. The first-order valence-electron chi connectivity index (χ1n) is 6.37. The summed E-state index contributed by atoms with van der Waals surface area (Å²) in [6.07, 6.45) is 4.91. The molecular formula is C15H15IN4O. The zero-order chi connectivity index (χ0) is 15.1. The highest BCUT2D eigenvalue weighted by molar-refractivity contribution is 14.1. The van der Waals surface area contributed by atoms with Crippen LogP contribution in [0.5, 0.6) is 0 Å². The Morgan fingerprint density at radius 3 is 3.00 bits per heavy atom. The van der Waals surface area contributed by atoms with Gasteiger partial charge in [-0.05, 0) is 59.3 Å². The number of halogens is 1. The molecule has 1 heterocycles. The molecule has 0 radical (unpaired) electrons. The molecule has 0 saturated carbocycles. The number of hydrazone groups is 1. The van der Waals surface area contributed by atoms with E-state index in [0.717, 1.165) is 11.3 Å². The van der Waals surface area contributed by atoms with Gasteiger partial charge in [0.2, 0.25) is 0 Å². The van der Waals surface area contributed by atoms with Gasteiger partial charge in [0, 0.05) is 27.2 Å². The maximum atomic E-state index is 11.7. The van der Waals surface area contributed by atoms with Crippen molar-refractivity contribution in [3.8, 4) is 0 Å². The Kier molecular flexibility index (Phi) is 5.68. The minimum absolute atomic E-state index is 0.171. The third-order valence-electron chi connectivity index (χ3n) is 2.70. The summed E-state index contributed by atoms with van der Waals surface area (Å²) >= 11 is 2.28. The van der Waals surface area contributed by atoms with Gasteiger partial charge in [0.15, 0.2) is 0 Å². The molecule has 6 heteroatoms. The van der Waals surface area contributed by atoms with Gasteiger partial charge >= 0.3 is 0 Å². The smallest absolute Gasteiger partial charge is 0.259 e. The lowest BCUT2D eigenvalue weighted by atomic mass is 10.2. The number of carbonyl (C=O) groups excluding carboxylic acids is 1. The number of hydrogen-bond donors (Lipinski definition) is 2. The van der Waals surface area contributed by atoms with Crippen LogP contribution in [-0.2, 0) is 4.79 Å². The molecule has 5 nitrogen and oxygen atoms in total. The summed E-state index contributed by atoms with van der Waals surface area (Å²) < 4.78 is 1.20. The zero-order valence-corrected chi connectivity index (χ0v) is 13.7. The summed E-state index contributed by atoms with van der Waals surface area (Å²) in [7, 11) is 0. The van der Waals surface area contributed by atoms with E-state index in [4.69, 9.17) is 0 Å². The van der Waals surface area contributed by atoms with E-state index >= 15 is 0 Å². The molecule has 2 aromatic rings. The predicted octanol–water partition coefficient (Wildman–Crippen LogP) is 2.56. The second-order valence-electron chi connectivity index (χ2n) is 4.40. The van der Waals surface area contributed by atoms with E-state index in [0.29, 0.717) is 0 Å². The van der Waals surface area contributed by atoms with E-state index in [9.17, 15) is 4.79 Å². The highest BCUT2D eigenvalue weighted by atomic mass is 127. The Balaban J connectivity index is 1.79. The molecule has 0 spiro atoms. The number of rotatable bonds is 5. The molecule has 1 amide bonds. The minimum atomic E-state index is -0.202. The van der Waals surface area contributed by atoms with Gasteiger partial charge in [0.05, 0.1) is 12.8 Å². The number of hydrogen-bond acceptors (Lipinski definition) is 4. The number of nitrogens with one attached hydrogen (secondary N) is 2. The van der Waals surface area contributed by atoms with Crippen LogP contribution in [0.2, 0.25) is 0 Å². The first-order chi connectivity index (χ1) is 10.1. The van der Waals surface area contributed by atoms with Crippen LogP contribution in [0.3, 0.4) is 0 Å². The third-order valence-corrected chi connectivity index (χ3v) is 3.91. The summed E-state index contributed by atoms with van der Waals surface area (Å²) in [6, 6.07) is 9.63. The van der Waals surface area contributed by atoms with Gasteiger partial charge in [0.1, 0.15) is 0 Å². The average molecular weight is 394 g/mol. The Hall–Kier alpha value is -1.96. The molecule has 0 aliphatic carbocycles. The summed E-state index contributed by atoms with van der Waals surface area (Å²) in [5, 5.41) is 6.94. The number of pyridine rings is 1. The lowest BCUT2D eigenvalue weighted by molar-refractivity contribution is -0.119. The van der Waals surface area contributed by atoms with Crippen molar-refractivity contribution in [1.29, 1.82) is 0 Å². The zero-order valence-electron chi connectivity index (χ0n) is 11.5. The highest BCUT2D eigenvalue weighted by Gasteiger charge is 2.01. The molecule has 2 N–H and O–H groups in total. The molecule has 0 atom stereocenters. The largest absolute Gasteiger partial charge is 0.376 e. The van der Waals surface area contributed by atoms with Crippen LogP contribution in [0.25, 0.3) is 0 Å². The van der Waals surface area contributed by atoms with Crippen molar-refractivity contribution in [1.82, 2.24) is 10.4 Å². The summed E-state index contributed by atoms with van der Waals surface area (Å²) in [6.45, 7) is 2.20. The molecule has 0 unspecified atom stereocenters. The number of carbonyl (C=O) groups is 1. The SMILES string of the molecule is Cc1cc(NCC(=O)N/N=C/c2cccnc2)ccc1I. The summed E-state index contributed by atoms with van der Waals surface area (Å²) in [5.74, 6) is -0.202. The number of aryl methyl sites for hydroxylation is 1. The van der Waals surface area contributed by atoms with Gasteiger partial charge in [-0.3, -0.25) is 9.78 Å². The van der Waals surface area contributed by atoms with Crippen LogP contribution in [0.1, 0.15) is 11.1 Å². The van der Waals surface area contributed by atoms with Crippen LogP contribution in [0.15, 0.2) is 47.8 Å². The van der Waals surface area contributed by atoms with Gasteiger partial charge in [-0.2, -0.15) is 5.10 Å². The molecule has 0 saturated heterocycles. The predicted molar refractivity (Wildman–Crippen MR) is 92.4 cm³/mol. The van der Waals surface area contributed by atoms with Crippen molar-refractivity contribution in [2.24, 2.45) is 5.10 Å². The Labute approximate surface area is 137 Å². The Bertz CT molecular complexity index is 643. The van der Waals surface area contributed by atoms with Crippen LogP contribution >= 0.6 is 22.6 Å². The number of nitrogens with zero attached hydrogens (tertiary/aromatic N) is 2. The standard InChI is InChI=1S/C15H15IN4O/c1-11-7-13(4-5-14(11)16)18-10-15(21)20-19-9-12-3-2-6-17-8-12/h2-9,18H,10H2,1H3,(H,20,21)/b19-9+. The van der Waals surface area contributed by atoms with Crippen LogP contribution in [0, 0.1) is 10.5 Å². The number of anilines is 1. The molecule has 0 aliphatic heterocycles. The second kappa shape index (κ2) is 7.72. The third kappa shape index (κ3) is 5.14. The highest BCUT2D eigenvalue weighted by Crippen LogP contribution is 2.16. The topological polar surface area (TPSA) is 66.4 Å². The van der Waals surface area contributed by atoms with Gasteiger partial charge in [0.25, 0.3) is 5.91 Å². The normalized spacial score (nSPS) is 10.6. The van der Waals surface area contributed by atoms with Crippen molar-refractivity contribution in [3.63, 3.8) is 0 Å². The van der Waals surface area contributed by atoms with Crippen molar-refractivity contribution in [2.45, 2.75) is 6.92 Å². The molecule has 0 fully saturated rings. The monoisotopic (exact) mass is 394 g/mol. The summed E-state index contributed by atoms with van der Waals surface area (Å²) in [5.41, 5.74) is 5.39. The molecule has 1 aromatic heterocycles. The lowest BCUT2D eigenvalue weighted by Crippen LogP contribution is -2.25. The maximum Gasteiger partial charge on any atom is 0.259 e. The van der Waals surface area contributed by atoms with Crippen LogP contribution < -0.4 is 10.7 Å². The van der Waals surface area contributed by atoms with Crippen molar-refractivity contribution in [2.75, 3.05) is 11.9 Å². The average Bonchev–Trinajstić information content (AvgIpc) is 2.49. The molecule has 108 valence electrons. The number of benzene rings is 1. The molecule has 2 rings (SSSR count). The van der Waals surface area contributed by atoms with E-state index in [1.54, 1.807) is 18.6 Å². The fraction of sp³-hybridized carbons (Fsp3) is 0.133. The minimum Gasteiger partial charge on any atom is -0.376 e. The van der Waals surface area contributed by atoms with E-state index in [-0.39, 0.29) is 12.5 Å². The van der Waals surface area contributed by atoms with E-state index in [1.807, 2.05) is 37.3 Å². The Morgan fingerprint density at radius 2 is 2.29 bits per heavy atom. The van der Waals surface area contributed by atoms with E-state index in [1.165, 1.54) is 9.13 Å². The fourth-order valence-corrected chi connectivity index (χ4v) is 1.94. The second-order valence-corrected chi connectivity index (χ2v) is 5.56. The van der Waals surface area contributed by atoms with Crippen molar-refractivity contribution >= 4 is 40.4 Å². The van der Waals surface area contributed by atoms with Crippen molar-refractivity contribution < 1.29 is 4.79 Å². The van der Waals surface area contributed by atoms with Crippen molar-refractivity contribution in [3.05, 3.63) is 57.4 Å². The number of aromatic nitrogens is 1. The van der Waals surface area contributed by atoms with Gasteiger partial charge < -0.3 is 5.32 Å². The molecular weight excluding hydrogens is 379 g/mol. The van der Waals surface area contributed by atoms with E-state index < -0.39 is 0 Å². The Morgan fingerprint density at radius 1 is 1.43 bits per heavy atom. The van der Waals surface area contributed by atoms with Gasteiger partial charge in [-0.25, -0.2) is 5.43 Å². The first kappa shape index (κ1) is 15.4. The molecule has 0 aliphatic rings.